The smallest absolute Gasteiger partial charge is 0.238 e. The predicted molar refractivity (Wildman–Crippen MR) is 136 cm³/mol. The van der Waals surface area contributed by atoms with Crippen LogP contribution in [0.3, 0.4) is 0 Å². The van der Waals surface area contributed by atoms with Gasteiger partial charge < -0.3 is 20.1 Å². The number of methoxy groups -OCH3 is 1. The molecule has 0 saturated carbocycles. The highest BCUT2D eigenvalue weighted by molar-refractivity contribution is 6.32. The van der Waals surface area contributed by atoms with Crippen LogP contribution < -0.4 is 15.4 Å². The summed E-state index contributed by atoms with van der Waals surface area (Å²) in [5, 5.41) is 6.79. The van der Waals surface area contributed by atoms with Crippen molar-refractivity contribution in [1.82, 2.24) is 19.3 Å². The highest BCUT2D eigenvalue weighted by atomic mass is 35.5. The lowest BCUT2D eigenvalue weighted by Gasteiger charge is -2.25. The van der Waals surface area contributed by atoms with Gasteiger partial charge in [-0.3, -0.25) is 14.1 Å². The number of nitrogens with one attached hydrogen (secondary N) is 2. The Hall–Kier alpha value is -3.66. The maximum Gasteiger partial charge on any atom is 0.238 e. The van der Waals surface area contributed by atoms with Crippen LogP contribution in [0, 0.1) is 0 Å². The number of ether oxygens (including phenoxy) is 2. The first-order valence-corrected chi connectivity index (χ1v) is 11.6. The van der Waals surface area contributed by atoms with Gasteiger partial charge in [0.05, 0.1) is 43.8 Å². The zero-order valence-electron chi connectivity index (χ0n) is 19.2. The minimum absolute atomic E-state index is 0.0393. The van der Waals surface area contributed by atoms with Gasteiger partial charge in [0.25, 0.3) is 0 Å². The van der Waals surface area contributed by atoms with Crippen molar-refractivity contribution in [3.8, 4) is 17.0 Å². The van der Waals surface area contributed by atoms with Crippen LogP contribution in [-0.2, 0) is 9.53 Å². The first kappa shape index (κ1) is 23.1. The number of nitrogens with zero attached hydrogens (tertiary/aromatic N) is 4. The van der Waals surface area contributed by atoms with Gasteiger partial charge in [-0.15, -0.1) is 0 Å². The molecule has 9 nitrogen and oxygen atoms in total. The zero-order valence-corrected chi connectivity index (χ0v) is 20.0. The fourth-order valence-corrected chi connectivity index (χ4v) is 4.24. The normalized spacial score (nSPS) is 14.1. The molecule has 4 aromatic rings. The number of amides is 1. The summed E-state index contributed by atoms with van der Waals surface area (Å²) in [7, 11) is 1.59. The van der Waals surface area contributed by atoms with Gasteiger partial charge in [0.15, 0.2) is 11.5 Å². The van der Waals surface area contributed by atoms with Gasteiger partial charge in [-0.25, -0.2) is 9.97 Å². The van der Waals surface area contributed by atoms with Crippen LogP contribution in [0.5, 0.6) is 5.75 Å². The molecule has 1 aliphatic heterocycles. The number of aromatic nitrogens is 3. The van der Waals surface area contributed by atoms with E-state index >= 15 is 0 Å². The summed E-state index contributed by atoms with van der Waals surface area (Å²) >= 11 is 6.32. The Morgan fingerprint density at radius 3 is 2.63 bits per heavy atom. The van der Waals surface area contributed by atoms with Crippen molar-refractivity contribution in [3.05, 3.63) is 66.1 Å². The fraction of sp³-hybridized carbons (Fsp3) is 0.240. The van der Waals surface area contributed by atoms with Crippen LogP contribution in [0.15, 0.2) is 61.1 Å². The van der Waals surface area contributed by atoms with Crippen molar-refractivity contribution in [2.45, 2.75) is 0 Å². The molecule has 0 atom stereocenters. The molecule has 1 saturated heterocycles. The molecular formula is C25H25ClN6O3. The summed E-state index contributed by atoms with van der Waals surface area (Å²) < 4.78 is 12.5. The lowest BCUT2D eigenvalue weighted by Crippen LogP contribution is -2.41. The number of imidazole rings is 1. The summed E-state index contributed by atoms with van der Waals surface area (Å²) in [6.07, 6.45) is 5.35. The molecule has 1 fully saturated rings. The largest absolute Gasteiger partial charge is 0.495 e. The van der Waals surface area contributed by atoms with Gasteiger partial charge in [0, 0.05) is 42.4 Å². The number of morpholine rings is 1. The number of carbonyl (C=O) groups is 1. The molecule has 0 bridgehead atoms. The van der Waals surface area contributed by atoms with E-state index in [9.17, 15) is 4.79 Å². The average Bonchev–Trinajstić information content (AvgIpc) is 3.31. The molecule has 0 spiro atoms. The Morgan fingerprint density at radius 2 is 1.89 bits per heavy atom. The van der Waals surface area contributed by atoms with Gasteiger partial charge in [-0.1, -0.05) is 11.6 Å². The molecule has 2 aromatic carbocycles. The fourth-order valence-electron chi connectivity index (χ4n) is 3.98. The molecule has 35 heavy (non-hydrogen) atoms. The second kappa shape index (κ2) is 10.3. The van der Waals surface area contributed by atoms with Crippen LogP contribution in [0.1, 0.15) is 0 Å². The maximum absolute atomic E-state index is 12.3. The average molecular weight is 493 g/mol. The molecular weight excluding hydrogens is 468 g/mol. The summed E-state index contributed by atoms with van der Waals surface area (Å²) in [5.41, 5.74) is 4.04. The first-order valence-electron chi connectivity index (χ1n) is 11.2. The molecule has 10 heteroatoms. The maximum atomic E-state index is 12.3. The summed E-state index contributed by atoms with van der Waals surface area (Å²) in [6, 6.07) is 13.1. The minimum Gasteiger partial charge on any atom is -0.495 e. The second-order valence-electron chi connectivity index (χ2n) is 8.10. The molecule has 180 valence electrons. The van der Waals surface area contributed by atoms with E-state index in [-0.39, 0.29) is 5.91 Å². The summed E-state index contributed by atoms with van der Waals surface area (Å²) in [5.74, 6) is 1.19. The number of hydrogen-bond acceptors (Lipinski definition) is 7. The van der Waals surface area contributed by atoms with Gasteiger partial charge in [-0.05, 0) is 42.5 Å². The summed E-state index contributed by atoms with van der Waals surface area (Å²) in [6.45, 7) is 3.24. The van der Waals surface area contributed by atoms with Gasteiger partial charge in [0.1, 0.15) is 5.75 Å². The molecule has 1 amide bonds. The molecule has 2 aromatic heterocycles. The SMILES string of the molecule is COc1ccc(-c2cnc3c(Nc4ccc(NC(=O)CN5CCOCC5)cc4)nccn23)cc1Cl. The first-order chi connectivity index (χ1) is 17.1. The van der Waals surface area contributed by atoms with Crippen molar-refractivity contribution >= 4 is 40.3 Å². The van der Waals surface area contributed by atoms with E-state index in [1.165, 1.54) is 0 Å². The van der Waals surface area contributed by atoms with Gasteiger partial charge in [-0.2, -0.15) is 0 Å². The lowest BCUT2D eigenvalue weighted by atomic mass is 10.1. The molecule has 0 aliphatic carbocycles. The highest BCUT2D eigenvalue weighted by Crippen LogP contribution is 2.31. The monoisotopic (exact) mass is 492 g/mol. The van der Waals surface area contributed by atoms with Crippen molar-refractivity contribution in [2.24, 2.45) is 0 Å². The van der Waals surface area contributed by atoms with Crippen LogP contribution in [-0.4, -0.2) is 65.1 Å². The Bertz CT molecular complexity index is 1340. The molecule has 0 radical (unpaired) electrons. The van der Waals surface area contributed by atoms with Gasteiger partial charge >= 0.3 is 0 Å². The minimum atomic E-state index is -0.0393. The number of benzene rings is 2. The van der Waals surface area contributed by atoms with E-state index < -0.39 is 0 Å². The molecule has 3 heterocycles. The van der Waals surface area contributed by atoms with E-state index in [0.29, 0.717) is 42.0 Å². The Labute approximate surface area is 207 Å². The predicted octanol–water partition coefficient (Wildman–Crippen LogP) is 4.07. The quantitative estimate of drug-likeness (QED) is 0.401. The number of halogens is 1. The van der Waals surface area contributed by atoms with Gasteiger partial charge in [0.2, 0.25) is 5.91 Å². The van der Waals surface area contributed by atoms with Crippen LogP contribution in [0.2, 0.25) is 5.02 Å². The second-order valence-corrected chi connectivity index (χ2v) is 8.51. The third-order valence-corrected chi connectivity index (χ3v) is 6.07. The van der Waals surface area contributed by atoms with Crippen molar-refractivity contribution in [2.75, 3.05) is 50.6 Å². The Kier molecular flexibility index (Phi) is 6.80. The molecule has 2 N–H and O–H groups in total. The van der Waals surface area contributed by atoms with Crippen molar-refractivity contribution in [3.63, 3.8) is 0 Å². The van der Waals surface area contributed by atoms with E-state index in [4.69, 9.17) is 21.1 Å². The Morgan fingerprint density at radius 1 is 1.11 bits per heavy atom. The number of fused-ring (bicyclic) bond motifs is 1. The van der Waals surface area contributed by atoms with Crippen molar-refractivity contribution in [1.29, 1.82) is 0 Å². The zero-order chi connectivity index (χ0) is 24.2. The Balaban J connectivity index is 1.29. The number of hydrogen-bond donors (Lipinski definition) is 2. The van der Waals surface area contributed by atoms with Crippen LogP contribution >= 0.6 is 11.6 Å². The molecule has 5 rings (SSSR count). The van der Waals surface area contributed by atoms with E-state index in [1.807, 2.05) is 53.1 Å². The van der Waals surface area contributed by atoms with Crippen LogP contribution in [0.4, 0.5) is 17.2 Å². The summed E-state index contributed by atoms with van der Waals surface area (Å²) in [4.78, 5) is 23.4. The molecule has 1 aliphatic rings. The standard InChI is InChI=1S/C25H25ClN6O3/c1-34-22-7-2-17(14-20(22)26)21-15-28-25-24(27-8-9-32(21)25)30-19-5-3-18(4-6-19)29-23(33)16-31-10-12-35-13-11-31/h2-9,14-15H,10-13,16H2,1H3,(H,27,30)(H,29,33). The third-order valence-electron chi connectivity index (χ3n) is 5.78. The van der Waals surface area contributed by atoms with E-state index in [1.54, 1.807) is 19.5 Å². The topological polar surface area (TPSA) is 93.0 Å². The van der Waals surface area contributed by atoms with Crippen LogP contribution in [0.25, 0.3) is 16.9 Å². The number of rotatable bonds is 7. The number of anilines is 3. The van der Waals surface area contributed by atoms with Crippen molar-refractivity contribution < 1.29 is 14.3 Å². The van der Waals surface area contributed by atoms with E-state index in [2.05, 4.69) is 25.5 Å². The lowest BCUT2D eigenvalue weighted by molar-refractivity contribution is -0.118. The third kappa shape index (κ3) is 5.22. The molecule has 0 unspecified atom stereocenters. The van der Waals surface area contributed by atoms with E-state index in [0.717, 1.165) is 35.7 Å². The highest BCUT2D eigenvalue weighted by Gasteiger charge is 2.15. The number of carbonyl (C=O) groups excluding carboxylic acids is 1.